The number of benzene rings is 1. The summed E-state index contributed by atoms with van der Waals surface area (Å²) in [6.07, 6.45) is 0. The van der Waals surface area contributed by atoms with Gasteiger partial charge >= 0.3 is 0 Å². The lowest BCUT2D eigenvalue weighted by Gasteiger charge is -2.41. The summed E-state index contributed by atoms with van der Waals surface area (Å²) in [6.45, 7) is 9.51. The van der Waals surface area contributed by atoms with E-state index in [1.54, 1.807) is 12.1 Å². The van der Waals surface area contributed by atoms with Crippen LogP contribution in [0.1, 0.15) is 13.8 Å². The van der Waals surface area contributed by atoms with Crippen LogP contribution >= 0.6 is 11.6 Å². The average Bonchev–Trinajstić information content (AvgIpc) is 2.73. The molecular weight excluding hydrogens is 380 g/mol. The van der Waals surface area contributed by atoms with Gasteiger partial charge in [-0.3, -0.25) is 19.4 Å². The molecule has 0 aliphatic carbocycles. The molecule has 8 heteroatoms. The van der Waals surface area contributed by atoms with Crippen LogP contribution in [0.25, 0.3) is 0 Å². The van der Waals surface area contributed by atoms with Gasteiger partial charge in [0.2, 0.25) is 11.8 Å². The van der Waals surface area contributed by atoms with E-state index in [1.807, 2.05) is 30.9 Å². The summed E-state index contributed by atoms with van der Waals surface area (Å²) in [6, 6.07) is 6.77. The molecule has 2 unspecified atom stereocenters. The summed E-state index contributed by atoms with van der Waals surface area (Å²) in [7, 11) is 0. The topological polar surface area (TPSA) is 65.1 Å². The van der Waals surface area contributed by atoms with E-state index in [1.165, 1.54) is 0 Å². The van der Waals surface area contributed by atoms with Gasteiger partial charge in [-0.2, -0.15) is 0 Å². The van der Waals surface area contributed by atoms with Crippen LogP contribution in [0.2, 0.25) is 5.02 Å². The third-order valence-electron chi connectivity index (χ3n) is 5.60. The van der Waals surface area contributed by atoms with Crippen molar-refractivity contribution < 1.29 is 14.3 Å². The first-order valence-corrected chi connectivity index (χ1v) is 10.2. The van der Waals surface area contributed by atoms with Crippen LogP contribution in [0.5, 0.6) is 0 Å². The fourth-order valence-electron chi connectivity index (χ4n) is 3.69. The zero-order chi connectivity index (χ0) is 20.1. The normalized spacial score (nSPS) is 21.2. The number of carbonyl (C=O) groups excluding carboxylic acids is 2. The molecule has 1 N–H and O–H groups in total. The number of carbonyl (C=O) groups is 2. The van der Waals surface area contributed by atoms with Gasteiger partial charge < -0.3 is 15.0 Å². The Labute approximate surface area is 171 Å². The zero-order valence-electron chi connectivity index (χ0n) is 16.6. The molecule has 2 fully saturated rings. The predicted molar refractivity (Wildman–Crippen MR) is 110 cm³/mol. The summed E-state index contributed by atoms with van der Waals surface area (Å²) in [5.74, 6) is 0.122. The van der Waals surface area contributed by atoms with Gasteiger partial charge in [0.05, 0.1) is 25.3 Å². The number of hydrogen-bond acceptors (Lipinski definition) is 5. The number of anilines is 1. The molecule has 2 atom stereocenters. The van der Waals surface area contributed by atoms with Crippen molar-refractivity contribution >= 4 is 29.1 Å². The third kappa shape index (κ3) is 5.23. The third-order valence-corrected chi connectivity index (χ3v) is 5.83. The van der Waals surface area contributed by atoms with Crippen LogP contribution in [-0.4, -0.2) is 91.1 Å². The highest BCUT2D eigenvalue weighted by molar-refractivity contribution is 6.30. The molecule has 28 heavy (non-hydrogen) atoms. The van der Waals surface area contributed by atoms with E-state index >= 15 is 0 Å². The minimum absolute atomic E-state index is 0.0480. The fourth-order valence-corrected chi connectivity index (χ4v) is 3.89. The van der Waals surface area contributed by atoms with Crippen LogP contribution in [0.15, 0.2) is 24.3 Å². The first-order valence-electron chi connectivity index (χ1n) is 9.87. The van der Waals surface area contributed by atoms with Crippen molar-refractivity contribution in [3.05, 3.63) is 29.3 Å². The van der Waals surface area contributed by atoms with Gasteiger partial charge in [0, 0.05) is 50.0 Å². The molecular formula is C20H29ClN4O3. The van der Waals surface area contributed by atoms with Gasteiger partial charge in [-0.15, -0.1) is 0 Å². The molecule has 0 aromatic heterocycles. The Balaban J connectivity index is 1.48. The van der Waals surface area contributed by atoms with E-state index < -0.39 is 0 Å². The average molecular weight is 409 g/mol. The van der Waals surface area contributed by atoms with Crippen LogP contribution in [0, 0.1) is 0 Å². The summed E-state index contributed by atoms with van der Waals surface area (Å²) >= 11 is 5.98. The highest BCUT2D eigenvalue weighted by Gasteiger charge is 2.31. The van der Waals surface area contributed by atoms with Gasteiger partial charge in [0.15, 0.2) is 0 Å². The van der Waals surface area contributed by atoms with Crippen LogP contribution in [0.3, 0.4) is 0 Å². The molecule has 154 valence electrons. The molecule has 0 bridgehead atoms. The number of amides is 2. The predicted octanol–water partition coefficient (Wildman–Crippen LogP) is 1.53. The minimum Gasteiger partial charge on any atom is -0.378 e. The summed E-state index contributed by atoms with van der Waals surface area (Å²) in [5.41, 5.74) is 0.702. The highest BCUT2D eigenvalue weighted by atomic mass is 35.5. The minimum atomic E-state index is -0.244. The van der Waals surface area contributed by atoms with E-state index in [-0.39, 0.29) is 23.9 Å². The number of nitrogens with zero attached hydrogens (tertiary/aromatic N) is 3. The van der Waals surface area contributed by atoms with Crippen molar-refractivity contribution in [1.82, 2.24) is 14.7 Å². The number of halogens is 1. The SMILES string of the molecule is CC(C(=O)Nc1cccc(Cl)c1)N1CCN(C(C)C(=O)N2CCOCC2)CC1. The van der Waals surface area contributed by atoms with E-state index in [2.05, 4.69) is 15.1 Å². The monoisotopic (exact) mass is 408 g/mol. The van der Waals surface area contributed by atoms with Gasteiger partial charge in [-0.05, 0) is 32.0 Å². The molecule has 0 saturated carbocycles. The molecule has 1 aromatic carbocycles. The summed E-state index contributed by atoms with van der Waals surface area (Å²) in [5, 5.41) is 3.52. The Kier molecular flexibility index (Phi) is 7.29. The van der Waals surface area contributed by atoms with Crippen molar-refractivity contribution in [1.29, 1.82) is 0 Å². The van der Waals surface area contributed by atoms with E-state index in [9.17, 15) is 9.59 Å². The lowest BCUT2D eigenvalue weighted by Crippen LogP contribution is -2.58. The molecule has 1 aromatic rings. The molecule has 0 radical (unpaired) electrons. The van der Waals surface area contributed by atoms with E-state index in [4.69, 9.17) is 16.3 Å². The largest absolute Gasteiger partial charge is 0.378 e. The first-order chi connectivity index (χ1) is 13.5. The van der Waals surface area contributed by atoms with Gasteiger partial charge in [0.25, 0.3) is 0 Å². The van der Waals surface area contributed by atoms with Crippen molar-refractivity contribution in [3.63, 3.8) is 0 Å². The maximum Gasteiger partial charge on any atom is 0.241 e. The number of rotatable bonds is 5. The van der Waals surface area contributed by atoms with Gasteiger partial charge in [-0.25, -0.2) is 0 Å². The standard InChI is InChI=1S/C20H29ClN4O3/c1-15(19(26)22-18-5-3-4-17(21)14-18)23-6-8-24(9-7-23)16(2)20(27)25-10-12-28-13-11-25/h3-5,14-16H,6-13H2,1-2H3,(H,22,26). The second kappa shape index (κ2) is 9.69. The Morgan fingerprint density at radius 3 is 2.21 bits per heavy atom. The summed E-state index contributed by atoms with van der Waals surface area (Å²) < 4.78 is 5.33. The molecule has 3 rings (SSSR count). The van der Waals surface area contributed by atoms with Gasteiger partial charge in [-0.1, -0.05) is 17.7 Å². The molecule has 2 aliphatic heterocycles. The maximum atomic E-state index is 12.7. The van der Waals surface area contributed by atoms with Crippen molar-refractivity contribution in [2.24, 2.45) is 0 Å². The lowest BCUT2D eigenvalue weighted by molar-refractivity contribution is -0.141. The molecule has 2 amide bonds. The van der Waals surface area contributed by atoms with E-state index in [0.717, 1.165) is 26.2 Å². The highest BCUT2D eigenvalue weighted by Crippen LogP contribution is 2.17. The second-order valence-electron chi connectivity index (χ2n) is 7.36. The first kappa shape index (κ1) is 21.0. The summed E-state index contributed by atoms with van der Waals surface area (Å²) in [4.78, 5) is 31.5. The number of morpholine rings is 1. The molecule has 2 heterocycles. The number of hydrogen-bond donors (Lipinski definition) is 1. The van der Waals surface area contributed by atoms with Crippen molar-refractivity contribution in [3.8, 4) is 0 Å². The smallest absolute Gasteiger partial charge is 0.241 e. The number of piperazine rings is 1. The Bertz CT molecular complexity index is 688. The van der Waals surface area contributed by atoms with Crippen molar-refractivity contribution in [2.45, 2.75) is 25.9 Å². The molecule has 7 nitrogen and oxygen atoms in total. The zero-order valence-corrected chi connectivity index (χ0v) is 17.3. The second-order valence-corrected chi connectivity index (χ2v) is 7.80. The Morgan fingerprint density at radius 2 is 1.61 bits per heavy atom. The van der Waals surface area contributed by atoms with E-state index in [0.29, 0.717) is 37.0 Å². The van der Waals surface area contributed by atoms with Crippen LogP contribution in [0.4, 0.5) is 5.69 Å². The van der Waals surface area contributed by atoms with Crippen LogP contribution in [-0.2, 0) is 14.3 Å². The quantitative estimate of drug-likeness (QED) is 0.800. The Morgan fingerprint density at radius 1 is 1.00 bits per heavy atom. The van der Waals surface area contributed by atoms with Crippen molar-refractivity contribution in [2.75, 3.05) is 57.8 Å². The molecule has 2 aliphatic rings. The fraction of sp³-hybridized carbons (Fsp3) is 0.600. The maximum absolute atomic E-state index is 12.7. The molecule has 2 saturated heterocycles. The Hall–Kier alpha value is -1.67. The number of nitrogens with one attached hydrogen (secondary N) is 1. The lowest BCUT2D eigenvalue weighted by atomic mass is 10.1. The number of ether oxygens (including phenoxy) is 1. The molecule has 0 spiro atoms. The van der Waals surface area contributed by atoms with Crippen LogP contribution < -0.4 is 5.32 Å². The van der Waals surface area contributed by atoms with Gasteiger partial charge in [0.1, 0.15) is 0 Å².